The molecule has 0 radical (unpaired) electrons. The summed E-state index contributed by atoms with van der Waals surface area (Å²) in [5.74, 6) is 0.272. The average molecular weight is 388 g/mol. The molecule has 0 saturated carbocycles. The van der Waals surface area contributed by atoms with Gasteiger partial charge in [0.2, 0.25) is 0 Å². The Bertz CT molecular complexity index is 1130. The van der Waals surface area contributed by atoms with E-state index < -0.39 is 0 Å². The Labute approximate surface area is 165 Å². The van der Waals surface area contributed by atoms with Gasteiger partial charge in [-0.1, -0.05) is 42.5 Å². The Morgan fingerprint density at radius 1 is 1.00 bits per heavy atom. The molecule has 1 N–H and O–H groups in total. The van der Waals surface area contributed by atoms with Crippen LogP contribution < -0.4 is 5.32 Å². The molecule has 0 aliphatic heterocycles. The Hall–Kier alpha value is -3.51. The van der Waals surface area contributed by atoms with Gasteiger partial charge in [0.05, 0.1) is 12.0 Å². The molecule has 1 amide bonds. The SMILES string of the molecule is CC(=O)c1cccc(NC(=O)c2sc(-c3ccco3)nc2-c2ccccc2)c1. The first-order valence-corrected chi connectivity index (χ1v) is 9.46. The number of benzene rings is 2. The molecule has 0 spiro atoms. The second kappa shape index (κ2) is 7.62. The van der Waals surface area contributed by atoms with Gasteiger partial charge in [0.15, 0.2) is 16.6 Å². The second-order valence-electron chi connectivity index (χ2n) is 6.13. The molecule has 0 saturated heterocycles. The lowest BCUT2D eigenvalue weighted by atomic mass is 10.1. The summed E-state index contributed by atoms with van der Waals surface area (Å²) in [5.41, 5.74) is 2.54. The fourth-order valence-electron chi connectivity index (χ4n) is 2.78. The van der Waals surface area contributed by atoms with Crippen LogP contribution in [0.15, 0.2) is 77.4 Å². The van der Waals surface area contributed by atoms with E-state index in [1.165, 1.54) is 18.3 Å². The zero-order valence-corrected chi connectivity index (χ0v) is 15.8. The molecule has 28 heavy (non-hydrogen) atoms. The van der Waals surface area contributed by atoms with Crippen LogP contribution in [0.2, 0.25) is 0 Å². The molecule has 4 aromatic rings. The van der Waals surface area contributed by atoms with Crippen LogP contribution in [0.1, 0.15) is 27.0 Å². The Balaban J connectivity index is 1.72. The maximum atomic E-state index is 13.0. The predicted molar refractivity (Wildman–Crippen MR) is 110 cm³/mol. The molecule has 0 fully saturated rings. The molecular weight excluding hydrogens is 372 g/mol. The number of furan rings is 1. The minimum Gasteiger partial charge on any atom is -0.462 e. The molecule has 2 aromatic carbocycles. The topological polar surface area (TPSA) is 72.2 Å². The van der Waals surface area contributed by atoms with Gasteiger partial charge >= 0.3 is 0 Å². The van der Waals surface area contributed by atoms with Gasteiger partial charge in [-0.25, -0.2) is 4.98 Å². The van der Waals surface area contributed by atoms with Crippen LogP contribution in [0.4, 0.5) is 5.69 Å². The van der Waals surface area contributed by atoms with E-state index in [4.69, 9.17) is 4.42 Å². The number of rotatable bonds is 5. The Morgan fingerprint density at radius 3 is 2.54 bits per heavy atom. The summed E-state index contributed by atoms with van der Waals surface area (Å²) in [6.07, 6.45) is 1.58. The lowest BCUT2D eigenvalue weighted by molar-refractivity contribution is 0.101. The summed E-state index contributed by atoms with van der Waals surface area (Å²) < 4.78 is 5.44. The van der Waals surface area contributed by atoms with Crippen molar-refractivity contribution in [3.63, 3.8) is 0 Å². The van der Waals surface area contributed by atoms with Crippen LogP contribution in [-0.2, 0) is 0 Å². The van der Waals surface area contributed by atoms with Crippen molar-refractivity contribution >= 4 is 28.7 Å². The molecule has 0 bridgehead atoms. The van der Waals surface area contributed by atoms with E-state index in [2.05, 4.69) is 10.3 Å². The highest BCUT2D eigenvalue weighted by molar-refractivity contribution is 7.17. The molecular formula is C22H16N2O3S. The third kappa shape index (κ3) is 3.63. The van der Waals surface area contributed by atoms with Gasteiger partial charge in [-0.2, -0.15) is 0 Å². The van der Waals surface area contributed by atoms with Gasteiger partial charge in [-0.15, -0.1) is 11.3 Å². The van der Waals surface area contributed by atoms with Crippen molar-refractivity contribution < 1.29 is 14.0 Å². The molecule has 138 valence electrons. The van der Waals surface area contributed by atoms with Crippen LogP contribution in [0.5, 0.6) is 0 Å². The van der Waals surface area contributed by atoms with Gasteiger partial charge in [0.25, 0.3) is 5.91 Å². The third-order valence-electron chi connectivity index (χ3n) is 4.14. The van der Waals surface area contributed by atoms with Crippen molar-refractivity contribution in [3.05, 3.63) is 83.4 Å². The number of Topliss-reactive ketones (excluding diaryl/α,β-unsaturated/α-hetero) is 1. The molecule has 2 heterocycles. The van der Waals surface area contributed by atoms with Gasteiger partial charge in [0, 0.05) is 16.8 Å². The standard InChI is InChI=1S/C22H16N2O3S/c1-14(25)16-9-5-10-17(13-16)23-21(26)20-19(15-7-3-2-4-8-15)24-22(28-20)18-11-6-12-27-18/h2-13H,1H3,(H,23,26). The van der Waals surface area contributed by atoms with Gasteiger partial charge in [-0.05, 0) is 31.2 Å². The number of hydrogen-bond acceptors (Lipinski definition) is 5. The fourth-order valence-corrected chi connectivity index (χ4v) is 3.73. The second-order valence-corrected chi connectivity index (χ2v) is 7.13. The number of hydrogen-bond donors (Lipinski definition) is 1. The zero-order valence-electron chi connectivity index (χ0n) is 15.0. The molecule has 0 aliphatic rings. The van der Waals surface area contributed by atoms with Gasteiger partial charge < -0.3 is 9.73 Å². The van der Waals surface area contributed by atoms with Crippen molar-refractivity contribution in [2.24, 2.45) is 0 Å². The number of thiazole rings is 1. The predicted octanol–water partition coefficient (Wildman–Crippen LogP) is 5.53. The number of carbonyl (C=O) groups is 2. The van der Waals surface area contributed by atoms with Gasteiger partial charge in [0.1, 0.15) is 4.88 Å². The maximum absolute atomic E-state index is 13.0. The molecule has 4 rings (SSSR count). The minimum absolute atomic E-state index is 0.0565. The van der Waals surface area contributed by atoms with Crippen molar-refractivity contribution in [2.75, 3.05) is 5.32 Å². The highest BCUT2D eigenvalue weighted by Crippen LogP contribution is 2.34. The van der Waals surface area contributed by atoms with Crippen LogP contribution >= 0.6 is 11.3 Å². The normalized spacial score (nSPS) is 10.6. The summed E-state index contributed by atoms with van der Waals surface area (Å²) in [4.78, 5) is 29.7. The van der Waals surface area contributed by atoms with E-state index in [9.17, 15) is 9.59 Å². The Kier molecular flexibility index (Phi) is 4.87. The monoisotopic (exact) mass is 388 g/mol. The van der Waals surface area contributed by atoms with Crippen molar-refractivity contribution in [1.82, 2.24) is 4.98 Å². The third-order valence-corrected chi connectivity index (χ3v) is 5.21. The Morgan fingerprint density at radius 2 is 1.82 bits per heavy atom. The van der Waals surface area contributed by atoms with Crippen molar-refractivity contribution in [3.8, 4) is 22.0 Å². The average Bonchev–Trinajstić information content (AvgIpc) is 3.38. The number of aromatic nitrogens is 1. The first-order chi connectivity index (χ1) is 13.6. The number of ketones is 1. The smallest absolute Gasteiger partial charge is 0.268 e. The molecule has 2 aromatic heterocycles. The summed E-state index contributed by atoms with van der Waals surface area (Å²) >= 11 is 1.27. The summed E-state index contributed by atoms with van der Waals surface area (Å²) in [7, 11) is 0. The van der Waals surface area contributed by atoms with E-state index in [0.717, 1.165) is 5.56 Å². The van der Waals surface area contributed by atoms with Crippen LogP contribution in [0.25, 0.3) is 22.0 Å². The van der Waals surface area contributed by atoms with E-state index in [0.29, 0.717) is 32.6 Å². The van der Waals surface area contributed by atoms with Crippen LogP contribution in [0, 0.1) is 0 Å². The molecule has 0 atom stereocenters. The number of anilines is 1. The number of nitrogens with zero attached hydrogens (tertiary/aromatic N) is 1. The highest BCUT2D eigenvalue weighted by Gasteiger charge is 2.21. The summed E-state index contributed by atoms with van der Waals surface area (Å²) in [6, 6.07) is 20.0. The summed E-state index contributed by atoms with van der Waals surface area (Å²) in [5, 5.41) is 3.50. The lowest BCUT2D eigenvalue weighted by Crippen LogP contribution is -2.12. The quantitative estimate of drug-likeness (QED) is 0.457. The lowest BCUT2D eigenvalue weighted by Gasteiger charge is -2.06. The van der Waals surface area contributed by atoms with Crippen molar-refractivity contribution in [2.45, 2.75) is 6.92 Å². The van der Waals surface area contributed by atoms with Crippen molar-refractivity contribution in [1.29, 1.82) is 0 Å². The summed E-state index contributed by atoms with van der Waals surface area (Å²) in [6.45, 7) is 1.49. The first kappa shape index (κ1) is 17.9. The van der Waals surface area contributed by atoms with E-state index in [1.54, 1.807) is 36.6 Å². The fraction of sp³-hybridized carbons (Fsp3) is 0.0455. The van der Waals surface area contributed by atoms with E-state index in [-0.39, 0.29) is 11.7 Å². The largest absolute Gasteiger partial charge is 0.462 e. The van der Waals surface area contributed by atoms with Crippen LogP contribution in [0.3, 0.4) is 0 Å². The number of carbonyl (C=O) groups excluding carboxylic acids is 2. The first-order valence-electron chi connectivity index (χ1n) is 8.64. The van der Waals surface area contributed by atoms with E-state index >= 15 is 0 Å². The molecule has 5 nitrogen and oxygen atoms in total. The molecule has 6 heteroatoms. The highest BCUT2D eigenvalue weighted by atomic mass is 32.1. The van der Waals surface area contributed by atoms with E-state index in [1.807, 2.05) is 36.4 Å². The number of nitrogens with one attached hydrogen (secondary N) is 1. The minimum atomic E-state index is -0.283. The molecule has 0 unspecified atom stereocenters. The number of amides is 1. The zero-order chi connectivity index (χ0) is 19.5. The van der Waals surface area contributed by atoms with Gasteiger partial charge in [-0.3, -0.25) is 9.59 Å². The molecule has 0 aliphatic carbocycles. The van der Waals surface area contributed by atoms with Crippen LogP contribution in [-0.4, -0.2) is 16.7 Å². The maximum Gasteiger partial charge on any atom is 0.268 e.